The van der Waals surface area contributed by atoms with E-state index in [1.807, 2.05) is 0 Å². The molecule has 0 aliphatic carbocycles. The third kappa shape index (κ3) is 15.8. The Balaban J connectivity index is 3.04. The molecule has 0 aliphatic rings. The zero-order chi connectivity index (χ0) is 13.0. The number of rotatable bonds is 12. The number of alkyl halides is 1. The standard InChI is InChI=1S/C12H25FO3S/c1-17(14,15)16-12-10-8-6-4-2-3-5-7-9-11-13/h2-12H2,1H3. The molecule has 0 unspecified atom stereocenters. The highest BCUT2D eigenvalue weighted by molar-refractivity contribution is 7.85. The summed E-state index contributed by atoms with van der Waals surface area (Å²) in [7, 11) is -3.26. The van der Waals surface area contributed by atoms with E-state index in [1.54, 1.807) is 0 Å². The zero-order valence-electron chi connectivity index (χ0n) is 10.8. The Kier molecular flexibility index (Phi) is 10.9. The van der Waals surface area contributed by atoms with Gasteiger partial charge in [-0.15, -0.1) is 0 Å². The van der Waals surface area contributed by atoms with Crippen LogP contribution in [-0.2, 0) is 14.3 Å². The van der Waals surface area contributed by atoms with Gasteiger partial charge in [-0.2, -0.15) is 8.42 Å². The summed E-state index contributed by atoms with van der Waals surface area (Å²) in [5, 5.41) is 0. The molecule has 0 bridgehead atoms. The van der Waals surface area contributed by atoms with E-state index in [0.717, 1.165) is 38.4 Å². The van der Waals surface area contributed by atoms with Gasteiger partial charge in [0.25, 0.3) is 10.1 Å². The first-order valence-electron chi connectivity index (χ1n) is 6.46. The van der Waals surface area contributed by atoms with Crippen LogP contribution in [0.25, 0.3) is 0 Å². The molecule has 0 aliphatic heterocycles. The lowest BCUT2D eigenvalue weighted by atomic mass is 10.1. The molecule has 0 rings (SSSR count). The van der Waals surface area contributed by atoms with Crippen LogP contribution in [-0.4, -0.2) is 28.0 Å². The molecule has 0 N–H and O–H groups in total. The molecule has 0 aromatic heterocycles. The fraction of sp³-hybridized carbons (Fsp3) is 1.00. The molecular weight excluding hydrogens is 243 g/mol. The quantitative estimate of drug-likeness (QED) is 0.402. The summed E-state index contributed by atoms with van der Waals surface area (Å²) in [6.07, 6.45) is 10.4. The van der Waals surface area contributed by atoms with Crippen LogP contribution in [0, 0.1) is 0 Å². The summed E-state index contributed by atoms with van der Waals surface area (Å²) >= 11 is 0. The Morgan fingerprint density at radius 1 is 0.824 bits per heavy atom. The number of hydrogen-bond donors (Lipinski definition) is 0. The van der Waals surface area contributed by atoms with Gasteiger partial charge in [0, 0.05) is 0 Å². The van der Waals surface area contributed by atoms with Crippen LogP contribution in [0.15, 0.2) is 0 Å². The predicted octanol–water partition coefficient (Wildman–Crippen LogP) is 3.44. The highest BCUT2D eigenvalue weighted by Crippen LogP contribution is 2.09. The van der Waals surface area contributed by atoms with E-state index in [9.17, 15) is 12.8 Å². The van der Waals surface area contributed by atoms with Crippen molar-refractivity contribution in [3.8, 4) is 0 Å². The van der Waals surface area contributed by atoms with E-state index >= 15 is 0 Å². The van der Waals surface area contributed by atoms with Gasteiger partial charge in [-0.25, -0.2) is 0 Å². The molecule has 0 radical (unpaired) electrons. The second-order valence-electron chi connectivity index (χ2n) is 4.40. The van der Waals surface area contributed by atoms with Crippen molar-refractivity contribution < 1.29 is 17.0 Å². The molecule has 0 aromatic rings. The summed E-state index contributed by atoms with van der Waals surface area (Å²) in [4.78, 5) is 0. The van der Waals surface area contributed by atoms with Gasteiger partial charge in [0.15, 0.2) is 0 Å². The Hall–Kier alpha value is -0.160. The lowest BCUT2D eigenvalue weighted by Gasteiger charge is -2.02. The molecule has 104 valence electrons. The van der Waals surface area contributed by atoms with Crippen molar-refractivity contribution >= 4 is 10.1 Å². The lowest BCUT2D eigenvalue weighted by molar-refractivity contribution is 0.309. The van der Waals surface area contributed by atoms with E-state index in [1.165, 1.54) is 19.3 Å². The second-order valence-corrected chi connectivity index (χ2v) is 6.04. The van der Waals surface area contributed by atoms with Gasteiger partial charge in [-0.3, -0.25) is 8.57 Å². The summed E-state index contributed by atoms with van der Waals surface area (Å²) < 4.78 is 37.7. The number of halogens is 1. The fourth-order valence-electron chi connectivity index (χ4n) is 1.64. The second kappa shape index (κ2) is 11.0. The van der Waals surface area contributed by atoms with E-state index in [-0.39, 0.29) is 6.67 Å². The molecular formula is C12H25FO3S. The average molecular weight is 268 g/mol. The molecule has 0 aromatic carbocycles. The molecule has 0 saturated carbocycles. The van der Waals surface area contributed by atoms with Gasteiger partial charge in [0.1, 0.15) is 0 Å². The Morgan fingerprint density at radius 2 is 1.24 bits per heavy atom. The molecule has 0 atom stereocenters. The monoisotopic (exact) mass is 268 g/mol. The van der Waals surface area contributed by atoms with Crippen LogP contribution < -0.4 is 0 Å². The minimum Gasteiger partial charge on any atom is -0.270 e. The number of hydrogen-bond acceptors (Lipinski definition) is 3. The lowest BCUT2D eigenvalue weighted by Crippen LogP contribution is -2.03. The minimum atomic E-state index is -3.26. The molecule has 0 spiro atoms. The highest BCUT2D eigenvalue weighted by Gasteiger charge is 2.00. The fourth-order valence-corrected chi connectivity index (χ4v) is 2.06. The first-order chi connectivity index (χ1) is 8.06. The summed E-state index contributed by atoms with van der Waals surface area (Å²) in [5.41, 5.74) is 0. The highest BCUT2D eigenvalue weighted by atomic mass is 32.2. The third-order valence-electron chi connectivity index (χ3n) is 2.58. The largest absolute Gasteiger partial charge is 0.270 e. The number of unbranched alkanes of at least 4 members (excludes halogenated alkanes) is 8. The van der Waals surface area contributed by atoms with Crippen molar-refractivity contribution in [3.05, 3.63) is 0 Å². The van der Waals surface area contributed by atoms with Gasteiger partial charge < -0.3 is 0 Å². The van der Waals surface area contributed by atoms with Crippen molar-refractivity contribution in [2.24, 2.45) is 0 Å². The Morgan fingerprint density at radius 3 is 1.65 bits per heavy atom. The molecule has 3 nitrogen and oxygen atoms in total. The first-order valence-corrected chi connectivity index (χ1v) is 8.28. The normalized spacial score (nSPS) is 11.9. The van der Waals surface area contributed by atoms with Crippen molar-refractivity contribution in [3.63, 3.8) is 0 Å². The predicted molar refractivity (Wildman–Crippen MR) is 68.3 cm³/mol. The SMILES string of the molecule is CS(=O)(=O)OCCCCCCCCCCCF. The third-order valence-corrected chi connectivity index (χ3v) is 3.17. The molecule has 0 saturated heterocycles. The maximum atomic E-state index is 11.8. The van der Waals surface area contributed by atoms with E-state index in [0.29, 0.717) is 13.0 Å². The van der Waals surface area contributed by atoms with Gasteiger partial charge in [0.05, 0.1) is 19.5 Å². The smallest absolute Gasteiger partial charge is 0.264 e. The van der Waals surface area contributed by atoms with Crippen molar-refractivity contribution in [2.45, 2.75) is 57.8 Å². The van der Waals surface area contributed by atoms with Crippen molar-refractivity contribution in [1.82, 2.24) is 0 Å². The first kappa shape index (κ1) is 16.8. The molecule has 0 amide bonds. The van der Waals surface area contributed by atoms with E-state index in [4.69, 9.17) is 0 Å². The summed E-state index contributed by atoms with van der Waals surface area (Å²) in [6, 6.07) is 0. The molecule has 17 heavy (non-hydrogen) atoms. The van der Waals surface area contributed by atoms with E-state index < -0.39 is 10.1 Å². The molecule has 5 heteroatoms. The maximum Gasteiger partial charge on any atom is 0.264 e. The maximum absolute atomic E-state index is 11.8. The molecule has 0 heterocycles. The topological polar surface area (TPSA) is 43.4 Å². The van der Waals surface area contributed by atoms with Crippen LogP contribution in [0.2, 0.25) is 0 Å². The van der Waals surface area contributed by atoms with Crippen LogP contribution in [0.1, 0.15) is 57.8 Å². The van der Waals surface area contributed by atoms with E-state index in [2.05, 4.69) is 4.18 Å². The van der Waals surface area contributed by atoms with Gasteiger partial charge in [-0.05, 0) is 12.8 Å². The van der Waals surface area contributed by atoms with Crippen LogP contribution in [0.5, 0.6) is 0 Å². The van der Waals surface area contributed by atoms with Gasteiger partial charge in [0.2, 0.25) is 0 Å². The summed E-state index contributed by atoms with van der Waals surface area (Å²) in [6.45, 7) is 0.107. The molecule has 0 fully saturated rings. The van der Waals surface area contributed by atoms with Crippen LogP contribution in [0.3, 0.4) is 0 Å². The Bertz CT molecular complexity index is 252. The van der Waals surface area contributed by atoms with Crippen LogP contribution in [0.4, 0.5) is 4.39 Å². The van der Waals surface area contributed by atoms with Gasteiger partial charge in [-0.1, -0.05) is 44.9 Å². The summed E-state index contributed by atoms with van der Waals surface area (Å²) in [5.74, 6) is 0. The van der Waals surface area contributed by atoms with Crippen LogP contribution >= 0.6 is 0 Å². The van der Waals surface area contributed by atoms with Crippen molar-refractivity contribution in [2.75, 3.05) is 19.5 Å². The zero-order valence-corrected chi connectivity index (χ0v) is 11.6. The van der Waals surface area contributed by atoms with Crippen molar-refractivity contribution in [1.29, 1.82) is 0 Å². The van der Waals surface area contributed by atoms with Gasteiger partial charge >= 0.3 is 0 Å². The average Bonchev–Trinajstić information content (AvgIpc) is 2.24. The Labute approximate surface area is 105 Å². The minimum absolute atomic E-state index is 0.194.